The minimum atomic E-state index is -1.15. The zero-order chi connectivity index (χ0) is 10.5. The number of rotatable bonds is 4. The Morgan fingerprint density at radius 3 is 2.31 bits per heavy atom. The summed E-state index contributed by atoms with van der Waals surface area (Å²) in [5, 5.41) is 0. The summed E-state index contributed by atoms with van der Waals surface area (Å²) in [6, 6.07) is 0.997. The van der Waals surface area contributed by atoms with Crippen LogP contribution >= 0.6 is 0 Å². The monoisotopic (exact) mass is 200 g/mol. The summed E-state index contributed by atoms with van der Waals surface area (Å²) in [6.07, 6.45) is 3.88. The van der Waals surface area contributed by atoms with E-state index in [1.54, 1.807) is 0 Å². The van der Waals surface area contributed by atoms with E-state index in [1.165, 1.54) is 6.92 Å². The Labute approximate surface area is 82.0 Å². The molecule has 0 aromatic heterocycles. The first kappa shape index (κ1) is 12.4. The zero-order valence-corrected chi connectivity index (χ0v) is 10.3. The first-order chi connectivity index (χ1) is 5.85. The molecule has 0 saturated carbocycles. The lowest BCUT2D eigenvalue weighted by Gasteiger charge is -2.21. The van der Waals surface area contributed by atoms with Crippen molar-refractivity contribution < 1.29 is 9.53 Å². The van der Waals surface area contributed by atoms with Crippen LogP contribution in [0.4, 0.5) is 0 Å². The molecule has 13 heavy (non-hydrogen) atoms. The van der Waals surface area contributed by atoms with Gasteiger partial charge in [0.25, 0.3) is 0 Å². The molecule has 0 radical (unpaired) electrons. The molecule has 0 aliphatic carbocycles. The third-order valence-electron chi connectivity index (χ3n) is 1.54. The van der Waals surface area contributed by atoms with Gasteiger partial charge >= 0.3 is 5.97 Å². The predicted molar refractivity (Wildman–Crippen MR) is 58.5 cm³/mol. The summed E-state index contributed by atoms with van der Waals surface area (Å²) >= 11 is 0. The highest BCUT2D eigenvalue weighted by Gasteiger charge is 2.20. The molecular weight excluding hydrogens is 180 g/mol. The Bertz CT molecular complexity index is 192. The average molecular weight is 200 g/mol. The van der Waals surface area contributed by atoms with E-state index in [-0.39, 0.29) is 12.1 Å². The summed E-state index contributed by atoms with van der Waals surface area (Å²) in [4.78, 5) is 10.8. The maximum atomic E-state index is 10.8. The first-order valence-electron chi connectivity index (χ1n) is 4.65. The molecule has 0 rings (SSSR count). The number of hydrogen-bond donors (Lipinski definition) is 0. The number of carbonyl (C=O) groups is 1. The normalized spacial score (nSPS) is 14.5. The van der Waals surface area contributed by atoms with Crippen LogP contribution in [0.15, 0.2) is 12.2 Å². The smallest absolute Gasteiger partial charge is 0.303 e. The molecular formula is C10H20O2Si. The van der Waals surface area contributed by atoms with Crippen LogP contribution in [0.2, 0.25) is 25.7 Å². The molecule has 76 valence electrons. The molecule has 0 aromatic carbocycles. The van der Waals surface area contributed by atoms with Gasteiger partial charge in [0, 0.05) is 15.0 Å². The Hall–Kier alpha value is -0.573. The lowest BCUT2D eigenvalue weighted by molar-refractivity contribution is -0.143. The molecule has 0 bridgehead atoms. The second-order valence-electron chi connectivity index (χ2n) is 4.44. The quantitative estimate of drug-likeness (QED) is 0.396. The van der Waals surface area contributed by atoms with Crippen LogP contribution in [0.1, 0.15) is 13.8 Å². The van der Waals surface area contributed by atoms with E-state index in [0.717, 1.165) is 6.04 Å². The summed E-state index contributed by atoms with van der Waals surface area (Å²) < 4.78 is 5.18. The minimum absolute atomic E-state index is 0.0193. The Morgan fingerprint density at radius 2 is 2.00 bits per heavy atom. The molecule has 0 heterocycles. The molecule has 2 nitrogen and oxygen atoms in total. The van der Waals surface area contributed by atoms with Crippen molar-refractivity contribution in [1.82, 2.24) is 0 Å². The van der Waals surface area contributed by atoms with Gasteiger partial charge in [-0.05, 0) is 19.0 Å². The zero-order valence-electron chi connectivity index (χ0n) is 9.26. The van der Waals surface area contributed by atoms with E-state index in [4.69, 9.17) is 4.74 Å². The van der Waals surface area contributed by atoms with Crippen molar-refractivity contribution in [2.24, 2.45) is 0 Å². The highest BCUT2D eigenvalue weighted by molar-refractivity contribution is 6.76. The minimum Gasteiger partial charge on any atom is -0.459 e. The fraction of sp³-hybridized carbons (Fsp3) is 0.700. The van der Waals surface area contributed by atoms with E-state index in [0.29, 0.717) is 0 Å². The van der Waals surface area contributed by atoms with Gasteiger partial charge in [0.2, 0.25) is 0 Å². The highest BCUT2D eigenvalue weighted by Crippen LogP contribution is 2.15. The molecule has 0 saturated heterocycles. The van der Waals surface area contributed by atoms with Crippen molar-refractivity contribution >= 4 is 14.0 Å². The van der Waals surface area contributed by atoms with E-state index in [1.807, 2.05) is 19.1 Å². The second kappa shape index (κ2) is 5.22. The van der Waals surface area contributed by atoms with Crippen LogP contribution in [0, 0.1) is 0 Å². The maximum absolute atomic E-state index is 10.8. The van der Waals surface area contributed by atoms with Crippen molar-refractivity contribution in [2.75, 3.05) is 0 Å². The van der Waals surface area contributed by atoms with Crippen molar-refractivity contribution in [3.8, 4) is 0 Å². The maximum Gasteiger partial charge on any atom is 0.303 e. The fourth-order valence-electron chi connectivity index (χ4n) is 1.18. The molecule has 0 spiro atoms. The second-order valence-corrected chi connectivity index (χ2v) is 9.97. The van der Waals surface area contributed by atoms with Gasteiger partial charge in [0.1, 0.15) is 6.10 Å². The molecule has 1 atom stereocenters. The average Bonchev–Trinajstić information content (AvgIpc) is 1.81. The number of carbonyl (C=O) groups excluding carboxylic acids is 1. The molecule has 1 unspecified atom stereocenters. The van der Waals surface area contributed by atoms with Crippen LogP contribution in [0.25, 0.3) is 0 Å². The Morgan fingerprint density at radius 1 is 1.46 bits per heavy atom. The third-order valence-corrected chi connectivity index (χ3v) is 3.17. The molecule has 0 aliphatic heterocycles. The molecule has 0 aromatic rings. The summed E-state index contributed by atoms with van der Waals surface area (Å²) in [5.74, 6) is -0.193. The van der Waals surface area contributed by atoms with Crippen molar-refractivity contribution in [2.45, 2.75) is 45.6 Å². The third kappa shape index (κ3) is 7.78. The van der Waals surface area contributed by atoms with Crippen molar-refractivity contribution in [3.05, 3.63) is 12.2 Å². The number of ether oxygens (including phenoxy) is 1. The van der Waals surface area contributed by atoms with Gasteiger partial charge in [-0.2, -0.15) is 0 Å². The number of allylic oxidation sites excluding steroid dienone is 1. The van der Waals surface area contributed by atoms with Gasteiger partial charge in [-0.15, -0.1) is 0 Å². The topological polar surface area (TPSA) is 26.3 Å². The molecule has 0 amide bonds. The van der Waals surface area contributed by atoms with Crippen molar-refractivity contribution in [3.63, 3.8) is 0 Å². The lowest BCUT2D eigenvalue weighted by atomic mass is 10.3. The van der Waals surface area contributed by atoms with Gasteiger partial charge in [-0.3, -0.25) is 4.79 Å². The predicted octanol–water partition coefficient (Wildman–Crippen LogP) is 2.83. The SMILES string of the molecule is C/C=C/C(C[Si](C)(C)C)OC(C)=O. The number of esters is 1. The van der Waals surface area contributed by atoms with Gasteiger partial charge in [-0.1, -0.05) is 25.7 Å². The summed E-state index contributed by atoms with van der Waals surface area (Å²) in [6.45, 7) is 10.2. The van der Waals surface area contributed by atoms with Crippen LogP contribution in [0.3, 0.4) is 0 Å². The van der Waals surface area contributed by atoms with E-state index in [9.17, 15) is 4.79 Å². The molecule has 0 N–H and O–H groups in total. The van der Waals surface area contributed by atoms with Crippen LogP contribution in [0.5, 0.6) is 0 Å². The molecule has 0 fully saturated rings. The van der Waals surface area contributed by atoms with E-state index < -0.39 is 8.07 Å². The van der Waals surface area contributed by atoms with Gasteiger partial charge in [0.15, 0.2) is 0 Å². The summed E-state index contributed by atoms with van der Waals surface area (Å²) in [7, 11) is -1.15. The van der Waals surface area contributed by atoms with Crippen LogP contribution in [-0.4, -0.2) is 20.1 Å². The van der Waals surface area contributed by atoms with Gasteiger partial charge in [0.05, 0.1) is 0 Å². The lowest BCUT2D eigenvalue weighted by Crippen LogP contribution is -2.28. The fourth-order valence-corrected chi connectivity index (χ4v) is 2.61. The van der Waals surface area contributed by atoms with Crippen LogP contribution in [-0.2, 0) is 9.53 Å². The van der Waals surface area contributed by atoms with Gasteiger partial charge in [-0.25, -0.2) is 0 Å². The van der Waals surface area contributed by atoms with Crippen molar-refractivity contribution in [1.29, 1.82) is 0 Å². The molecule has 0 aliphatic rings. The Kier molecular flexibility index (Phi) is 4.99. The van der Waals surface area contributed by atoms with E-state index >= 15 is 0 Å². The number of hydrogen-bond acceptors (Lipinski definition) is 2. The van der Waals surface area contributed by atoms with Gasteiger partial charge < -0.3 is 4.74 Å². The Balaban J connectivity index is 4.18. The highest BCUT2D eigenvalue weighted by atomic mass is 28.3. The standard InChI is InChI=1S/C10H20O2Si/c1-6-7-10(12-9(2)11)8-13(3,4)5/h6-7,10H,8H2,1-5H3/b7-6+. The van der Waals surface area contributed by atoms with Crippen LogP contribution < -0.4 is 0 Å². The summed E-state index contributed by atoms with van der Waals surface area (Å²) in [5.41, 5.74) is 0. The van der Waals surface area contributed by atoms with E-state index in [2.05, 4.69) is 19.6 Å². The first-order valence-corrected chi connectivity index (χ1v) is 8.36. The largest absolute Gasteiger partial charge is 0.459 e. The molecule has 3 heteroatoms.